The number of methoxy groups -OCH3 is 1. The third kappa shape index (κ3) is 6.49. The summed E-state index contributed by atoms with van der Waals surface area (Å²) in [6.07, 6.45) is 0. The van der Waals surface area contributed by atoms with Crippen LogP contribution in [0.4, 0.5) is 0 Å². The Labute approximate surface area is 162 Å². The number of carbonyl (C=O) groups excluding carboxylic acids is 1. The monoisotopic (exact) mass is 380 g/mol. The lowest BCUT2D eigenvalue weighted by atomic mass is 10.2. The van der Waals surface area contributed by atoms with E-state index in [4.69, 9.17) is 9.84 Å². The highest BCUT2D eigenvalue weighted by atomic mass is 16.5. The number of phenols is 1. The van der Waals surface area contributed by atoms with E-state index in [9.17, 15) is 14.7 Å². The summed E-state index contributed by atoms with van der Waals surface area (Å²) >= 11 is 0. The molecule has 3 rings (SSSR count). The first-order valence-corrected chi connectivity index (χ1v) is 8.37. The van der Waals surface area contributed by atoms with Gasteiger partial charge in [0, 0.05) is 6.07 Å². The summed E-state index contributed by atoms with van der Waals surface area (Å²) in [4.78, 5) is 21.6. The molecule has 28 heavy (non-hydrogen) atoms. The fourth-order valence-corrected chi connectivity index (χ4v) is 2.22. The molecular formula is C22H20O6. The van der Waals surface area contributed by atoms with Crippen molar-refractivity contribution >= 4 is 11.9 Å². The quantitative estimate of drug-likeness (QED) is 0.646. The van der Waals surface area contributed by atoms with Gasteiger partial charge in [-0.25, -0.2) is 9.59 Å². The number of carboxylic acids is 1. The van der Waals surface area contributed by atoms with E-state index in [0.29, 0.717) is 17.9 Å². The number of carbonyl (C=O) groups is 2. The minimum Gasteiger partial charge on any atom is -0.508 e. The summed E-state index contributed by atoms with van der Waals surface area (Å²) in [5, 5.41) is 17.9. The van der Waals surface area contributed by atoms with Crippen molar-refractivity contribution in [2.24, 2.45) is 0 Å². The Balaban J connectivity index is 0.000000261. The summed E-state index contributed by atoms with van der Waals surface area (Å²) in [6.45, 7) is 0.366. The van der Waals surface area contributed by atoms with E-state index in [1.165, 1.54) is 25.3 Å². The molecule has 0 fully saturated rings. The van der Waals surface area contributed by atoms with E-state index in [-0.39, 0.29) is 11.3 Å². The second kappa shape index (κ2) is 10.4. The second-order valence-corrected chi connectivity index (χ2v) is 5.65. The Morgan fingerprint density at radius 2 is 1.46 bits per heavy atom. The van der Waals surface area contributed by atoms with Crippen molar-refractivity contribution in [3.63, 3.8) is 0 Å². The number of esters is 1. The molecule has 0 unspecified atom stereocenters. The number of phenolic OH excluding ortho intramolecular Hbond substituents is 1. The molecule has 0 spiro atoms. The van der Waals surface area contributed by atoms with Crippen LogP contribution in [0.1, 0.15) is 26.3 Å². The topological polar surface area (TPSA) is 93.1 Å². The van der Waals surface area contributed by atoms with Crippen LogP contribution in [0.2, 0.25) is 0 Å². The highest BCUT2D eigenvalue weighted by molar-refractivity contribution is 5.90. The Kier molecular flexibility index (Phi) is 7.60. The van der Waals surface area contributed by atoms with Crippen molar-refractivity contribution in [1.82, 2.24) is 0 Å². The molecule has 0 atom stereocenters. The average molecular weight is 380 g/mol. The van der Waals surface area contributed by atoms with Gasteiger partial charge in [-0.05, 0) is 29.8 Å². The van der Waals surface area contributed by atoms with Gasteiger partial charge in [-0.2, -0.15) is 0 Å². The largest absolute Gasteiger partial charge is 0.508 e. The average Bonchev–Trinajstić information content (AvgIpc) is 2.73. The molecule has 6 heteroatoms. The molecule has 0 amide bonds. The molecule has 0 saturated heterocycles. The van der Waals surface area contributed by atoms with E-state index in [2.05, 4.69) is 4.74 Å². The predicted molar refractivity (Wildman–Crippen MR) is 104 cm³/mol. The molecule has 0 saturated carbocycles. The van der Waals surface area contributed by atoms with E-state index in [0.717, 1.165) is 5.56 Å². The Morgan fingerprint density at radius 1 is 0.857 bits per heavy atom. The van der Waals surface area contributed by atoms with Crippen molar-refractivity contribution in [2.45, 2.75) is 6.61 Å². The second-order valence-electron chi connectivity index (χ2n) is 5.65. The fraction of sp³-hybridized carbons (Fsp3) is 0.0909. The molecule has 0 bridgehead atoms. The van der Waals surface area contributed by atoms with Crippen molar-refractivity contribution in [3.05, 3.63) is 95.6 Å². The highest BCUT2D eigenvalue weighted by Gasteiger charge is 2.09. The third-order valence-electron chi connectivity index (χ3n) is 3.58. The van der Waals surface area contributed by atoms with Crippen LogP contribution in [-0.4, -0.2) is 29.3 Å². The van der Waals surface area contributed by atoms with Crippen LogP contribution in [0.15, 0.2) is 78.9 Å². The number of benzene rings is 3. The zero-order chi connectivity index (χ0) is 20.4. The minimum atomic E-state index is -0.879. The maximum atomic E-state index is 11.4. The smallest absolute Gasteiger partial charge is 0.338 e. The molecule has 0 aliphatic carbocycles. The summed E-state index contributed by atoms with van der Waals surface area (Å²) in [5.41, 5.74) is 1.59. The zero-order valence-corrected chi connectivity index (χ0v) is 15.2. The van der Waals surface area contributed by atoms with Crippen LogP contribution in [0.5, 0.6) is 11.5 Å². The zero-order valence-electron chi connectivity index (χ0n) is 15.2. The van der Waals surface area contributed by atoms with E-state index in [1.807, 2.05) is 30.3 Å². The number of aromatic hydroxyl groups is 1. The number of rotatable bonds is 5. The van der Waals surface area contributed by atoms with Crippen molar-refractivity contribution in [2.75, 3.05) is 7.11 Å². The molecule has 0 radical (unpaired) electrons. The first kappa shape index (κ1) is 20.5. The van der Waals surface area contributed by atoms with Gasteiger partial charge in [-0.15, -0.1) is 0 Å². The summed E-state index contributed by atoms with van der Waals surface area (Å²) in [6, 6.07) is 22.2. The van der Waals surface area contributed by atoms with Gasteiger partial charge in [0.05, 0.1) is 18.2 Å². The van der Waals surface area contributed by atoms with Gasteiger partial charge in [0.2, 0.25) is 0 Å². The SMILES string of the molecule is COC(=O)c1cc(O)cc(OCc2ccccc2)c1.O=C(O)c1ccccc1. The van der Waals surface area contributed by atoms with Crippen LogP contribution < -0.4 is 4.74 Å². The highest BCUT2D eigenvalue weighted by Crippen LogP contribution is 2.23. The number of carboxylic acid groups (broad SMARTS) is 1. The summed E-state index contributed by atoms with van der Waals surface area (Å²) in [5.74, 6) is -1.01. The lowest BCUT2D eigenvalue weighted by Gasteiger charge is -2.08. The van der Waals surface area contributed by atoms with E-state index >= 15 is 0 Å². The van der Waals surface area contributed by atoms with Crippen LogP contribution in [0.25, 0.3) is 0 Å². The lowest BCUT2D eigenvalue weighted by Crippen LogP contribution is -2.02. The molecule has 6 nitrogen and oxygen atoms in total. The molecule has 0 heterocycles. The van der Waals surface area contributed by atoms with Crippen LogP contribution >= 0.6 is 0 Å². The van der Waals surface area contributed by atoms with Crippen LogP contribution in [0, 0.1) is 0 Å². The fourth-order valence-electron chi connectivity index (χ4n) is 2.22. The standard InChI is InChI=1S/C15H14O4.C7H6O2/c1-18-15(17)12-7-13(16)9-14(8-12)19-10-11-5-3-2-4-6-11;8-7(9)6-4-2-1-3-5-6/h2-9,16H,10H2,1H3;1-5H,(H,8,9). The number of hydrogen-bond acceptors (Lipinski definition) is 5. The Bertz CT molecular complexity index is 907. The normalized spacial score (nSPS) is 9.61. The third-order valence-corrected chi connectivity index (χ3v) is 3.58. The molecule has 0 aromatic heterocycles. The molecule has 3 aromatic carbocycles. The first-order chi connectivity index (χ1) is 13.5. The maximum Gasteiger partial charge on any atom is 0.338 e. The van der Waals surface area contributed by atoms with Gasteiger partial charge in [0.25, 0.3) is 0 Å². The Morgan fingerprint density at radius 3 is 2.00 bits per heavy atom. The molecule has 0 aliphatic rings. The first-order valence-electron chi connectivity index (χ1n) is 8.37. The molecule has 0 aliphatic heterocycles. The van der Waals surface area contributed by atoms with Crippen molar-refractivity contribution < 1.29 is 29.3 Å². The van der Waals surface area contributed by atoms with Gasteiger partial charge < -0.3 is 19.7 Å². The predicted octanol–water partition coefficient (Wildman–Crippen LogP) is 4.14. The van der Waals surface area contributed by atoms with Crippen LogP contribution in [-0.2, 0) is 11.3 Å². The van der Waals surface area contributed by atoms with Gasteiger partial charge in [-0.1, -0.05) is 48.5 Å². The van der Waals surface area contributed by atoms with Gasteiger partial charge >= 0.3 is 11.9 Å². The van der Waals surface area contributed by atoms with Gasteiger partial charge in [-0.3, -0.25) is 0 Å². The van der Waals surface area contributed by atoms with E-state index < -0.39 is 11.9 Å². The number of aromatic carboxylic acids is 1. The van der Waals surface area contributed by atoms with Gasteiger partial charge in [0.1, 0.15) is 18.1 Å². The summed E-state index contributed by atoms with van der Waals surface area (Å²) in [7, 11) is 1.29. The van der Waals surface area contributed by atoms with Crippen molar-refractivity contribution in [3.8, 4) is 11.5 Å². The molecule has 2 N–H and O–H groups in total. The number of hydrogen-bond donors (Lipinski definition) is 2. The molecular weight excluding hydrogens is 360 g/mol. The van der Waals surface area contributed by atoms with Crippen molar-refractivity contribution in [1.29, 1.82) is 0 Å². The summed E-state index contributed by atoms with van der Waals surface area (Å²) < 4.78 is 10.1. The van der Waals surface area contributed by atoms with Gasteiger partial charge in [0.15, 0.2) is 0 Å². The Hall–Kier alpha value is -3.80. The van der Waals surface area contributed by atoms with E-state index in [1.54, 1.807) is 30.3 Å². The number of ether oxygens (including phenoxy) is 2. The van der Waals surface area contributed by atoms with Crippen LogP contribution in [0.3, 0.4) is 0 Å². The lowest BCUT2D eigenvalue weighted by molar-refractivity contribution is 0.0598. The molecule has 3 aromatic rings. The minimum absolute atomic E-state index is 0.0361. The maximum absolute atomic E-state index is 11.4. The molecule has 144 valence electrons.